The average molecular weight is 442 g/mol. The summed E-state index contributed by atoms with van der Waals surface area (Å²) >= 11 is 12.2. The van der Waals surface area contributed by atoms with Crippen molar-refractivity contribution in [2.75, 3.05) is 0 Å². The molecule has 0 unspecified atom stereocenters. The molecule has 2 aromatic carbocycles. The highest BCUT2D eigenvalue weighted by atomic mass is 35.5. The molecule has 9 heteroatoms. The maximum atomic E-state index is 13.1. The van der Waals surface area contributed by atoms with Crippen LogP contribution in [0.2, 0.25) is 10.0 Å². The molecule has 7 nitrogen and oxygen atoms in total. The van der Waals surface area contributed by atoms with Crippen molar-refractivity contribution in [1.29, 1.82) is 0 Å². The van der Waals surface area contributed by atoms with E-state index in [0.29, 0.717) is 32.3 Å². The first-order chi connectivity index (χ1) is 14.4. The summed E-state index contributed by atoms with van der Waals surface area (Å²) in [5.41, 5.74) is 1.95. The Morgan fingerprint density at radius 1 is 1.13 bits per heavy atom. The van der Waals surface area contributed by atoms with Gasteiger partial charge in [0.25, 0.3) is 5.56 Å². The predicted octanol–water partition coefficient (Wildman–Crippen LogP) is 3.51. The van der Waals surface area contributed by atoms with Crippen LogP contribution in [0, 0.1) is 6.92 Å². The minimum Gasteiger partial charge on any atom is -0.350 e. The van der Waals surface area contributed by atoms with Crippen LogP contribution in [-0.2, 0) is 17.9 Å². The topological polar surface area (TPSA) is 81.8 Å². The quantitative estimate of drug-likeness (QED) is 0.513. The highest BCUT2D eigenvalue weighted by molar-refractivity contribution is 6.31. The smallest absolute Gasteiger partial charge is 0.293 e. The zero-order valence-electron chi connectivity index (χ0n) is 16.0. The molecule has 0 aliphatic rings. The van der Waals surface area contributed by atoms with E-state index in [1.807, 2.05) is 18.2 Å². The zero-order valence-corrected chi connectivity index (χ0v) is 17.5. The number of aromatic nitrogens is 4. The molecule has 2 heterocycles. The summed E-state index contributed by atoms with van der Waals surface area (Å²) in [7, 11) is 0. The van der Waals surface area contributed by atoms with E-state index in [1.165, 1.54) is 4.68 Å². The van der Waals surface area contributed by atoms with Crippen LogP contribution in [0.25, 0.3) is 16.6 Å². The van der Waals surface area contributed by atoms with Gasteiger partial charge >= 0.3 is 0 Å². The molecule has 0 bridgehead atoms. The Morgan fingerprint density at radius 2 is 1.93 bits per heavy atom. The molecule has 152 valence electrons. The number of nitrogens with one attached hydrogen (secondary N) is 1. The van der Waals surface area contributed by atoms with Crippen molar-refractivity contribution < 1.29 is 4.79 Å². The molecule has 0 saturated heterocycles. The number of amides is 1. The standard InChI is InChI=1S/C21H17Cl2N5O2/c1-13-17-11-25-28(16-7-4-6-15(22)9-16)20(17)21(30)27(26-13)12-19(29)24-10-14-5-2-3-8-18(14)23/h2-9,11H,10,12H2,1H3,(H,24,29). The SMILES string of the molecule is Cc1nn(CC(=O)NCc2ccccc2Cl)c(=O)c2c1cnn2-c1cccc(Cl)c1. The lowest BCUT2D eigenvalue weighted by Crippen LogP contribution is -2.34. The van der Waals surface area contributed by atoms with E-state index in [2.05, 4.69) is 15.5 Å². The number of fused-ring (bicyclic) bond motifs is 1. The number of benzene rings is 2. The Kier molecular flexibility index (Phi) is 5.57. The van der Waals surface area contributed by atoms with Crippen molar-refractivity contribution in [3.8, 4) is 5.69 Å². The number of carbonyl (C=O) groups excluding carboxylic acids is 1. The maximum absolute atomic E-state index is 13.1. The molecule has 0 atom stereocenters. The van der Waals surface area contributed by atoms with E-state index in [-0.39, 0.29) is 19.0 Å². The van der Waals surface area contributed by atoms with Crippen LogP contribution >= 0.6 is 23.2 Å². The lowest BCUT2D eigenvalue weighted by atomic mass is 10.2. The van der Waals surface area contributed by atoms with E-state index in [9.17, 15) is 9.59 Å². The van der Waals surface area contributed by atoms with Gasteiger partial charge in [-0.3, -0.25) is 9.59 Å². The van der Waals surface area contributed by atoms with Gasteiger partial charge in [-0.1, -0.05) is 47.5 Å². The Morgan fingerprint density at radius 3 is 2.70 bits per heavy atom. The fraction of sp³-hybridized carbons (Fsp3) is 0.143. The van der Waals surface area contributed by atoms with Gasteiger partial charge in [-0.2, -0.15) is 10.2 Å². The fourth-order valence-electron chi connectivity index (χ4n) is 3.16. The number of carbonyl (C=O) groups is 1. The number of halogens is 2. The zero-order chi connectivity index (χ0) is 21.3. The molecule has 4 aromatic rings. The molecule has 0 spiro atoms. The normalized spacial score (nSPS) is 11.0. The van der Waals surface area contributed by atoms with Gasteiger partial charge in [0.05, 0.1) is 17.6 Å². The van der Waals surface area contributed by atoms with Gasteiger partial charge < -0.3 is 5.32 Å². The second-order valence-corrected chi connectivity index (χ2v) is 7.56. The third-order valence-corrected chi connectivity index (χ3v) is 5.25. The molecular weight excluding hydrogens is 425 g/mol. The summed E-state index contributed by atoms with van der Waals surface area (Å²) in [4.78, 5) is 25.5. The molecular formula is C21H17Cl2N5O2. The van der Waals surface area contributed by atoms with E-state index in [1.54, 1.807) is 43.5 Å². The van der Waals surface area contributed by atoms with Crippen molar-refractivity contribution in [2.45, 2.75) is 20.0 Å². The lowest BCUT2D eigenvalue weighted by molar-refractivity contribution is -0.122. The number of rotatable bonds is 5. The first kappa shape index (κ1) is 20.1. The summed E-state index contributed by atoms with van der Waals surface area (Å²) in [6, 6.07) is 14.3. The first-order valence-electron chi connectivity index (χ1n) is 9.15. The van der Waals surface area contributed by atoms with Crippen LogP contribution in [0.4, 0.5) is 0 Å². The molecule has 1 N–H and O–H groups in total. The van der Waals surface area contributed by atoms with Gasteiger partial charge in [0.2, 0.25) is 5.91 Å². The fourth-order valence-corrected chi connectivity index (χ4v) is 3.55. The average Bonchev–Trinajstić information content (AvgIpc) is 3.17. The number of hydrogen-bond donors (Lipinski definition) is 1. The van der Waals surface area contributed by atoms with Crippen LogP contribution in [0.5, 0.6) is 0 Å². The van der Waals surface area contributed by atoms with Gasteiger partial charge in [-0.15, -0.1) is 0 Å². The Labute approximate surface area is 181 Å². The van der Waals surface area contributed by atoms with Crippen LogP contribution in [-0.4, -0.2) is 25.5 Å². The Balaban J connectivity index is 1.64. The van der Waals surface area contributed by atoms with Gasteiger partial charge in [0.15, 0.2) is 0 Å². The second kappa shape index (κ2) is 8.30. The molecule has 0 aliphatic heterocycles. The van der Waals surface area contributed by atoms with Gasteiger partial charge in [-0.25, -0.2) is 9.36 Å². The van der Waals surface area contributed by atoms with Crippen molar-refractivity contribution in [3.05, 3.63) is 86.4 Å². The first-order valence-corrected chi connectivity index (χ1v) is 9.91. The van der Waals surface area contributed by atoms with Crippen molar-refractivity contribution in [2.24, 2.45) is 0 Å². The van der Waals surface area contributed by atoms with Crippen molar-refractivity contribution >= 4 is 40.0 Å². The van der Waals surface area contributed by atoms with Crippen molar-refractivity contribution in [1.82, 2.24) is 24.9 Å². The maximum Gasteiger partial charge on any atom is 0.293 e. The highest BCUT2D eigenvalue weighted by Crippen LogP contribution is 2.20. The van der Waals surface area contributed by atoms with E-state index >= 15 is 0 Å². The molecule has 2 aromatic heterocycles. The summed E-state index contributed by atoms with van der Waals surface area (Å²) in [6.07, 6.45) is 1.59. The van der Waals surface area contributed by atoms with Crippen LogP contribution in [0.3, 0.4) is 0 Å². The summed E-state index contributed by atoms with van der Waals surface area (Å²) in [5.74, 6) is -0.350. The number of aryl methyl sites for hydroxylation is 1. The molecule has 30 heavy (non-hydrogen) atoms. The summed E-state index contributed by atoms with van der Waals surface area (Å²) in [5, 5.41) is 13.1. The second-order valence-electron chi connectivity index (χ2n) is 6.71. The van der Waals surface area contributed by atoms with Gasteiger partial charge in [0.1, 0.15) is 12.1 Å². The third-order valence-electron chi connectivity index (χ3n) is 4.65. The van der Waals surface area contributed by atoms with Crippen LogP contribution in [0.15, 0.2) is 59.5 Å². The highest BCUT2D eigenvalue weighted by Gasteiger charge is 2.17. The Hall–Kier alpha value is -3.16. The van der Waals surface area contributed by atoms with Gasteiger partial charge in [-0.05, 0) is 36.8 Å². The minimum absolute atomic E-state index is 0.221. The monoisotopic (exact) mass is 441 g/mol. The minimum atomic E-state index is -0.416. The predicted molar refractivity (Wildman–Crippen MR) is 116 cm³/mol. The van der Waals surface area contributed by atoms with E-state index in [4.69, 9.17) is 23.2 Å². The van der Waals surface area contributed by atoms with Crippen molar-refractivity contribution in [3.63, 3.8) is 0 Å². The molecule has 0 saturated carbocycles. The van der Waals surface area contributed by atoms with Crippen LogP contribution in [0.1, 0.15) is 11.3 Å². The molecule has 4 rings (SSSR count). The molecule has 0 aliphatic carbocycles. The number of nitrogens with zero attached hydrogens (tertiary/aromatic N) is 4. The Bertz CT molecular complexity index is 1310. The molecule has 0 fully saturated rings. The van der Waals surface area contributed by atoms with Gasteiger partial charge in [0, 0.05) is 22.0 Å². The summed E-state index contributed by atoms with van der Waals surface area (Å²) < 4.78 is 2.65. The molecule has 1 amide bonds. The van der Waals surface area contributed by atoms with E-state index in [0.717, 1.165) is 10.2 Å². The third kappa shape index (κ3) is 3.94. The van der Waals surface area contributed by atoms with Crippen LogP contribution < -0.4 is 10.9 Å². The number of hydrogen-bond acceptors (Lipinski definition) is 4. The van der Waals surface area contributed by atoms with E-state index < -0.39 is 5.56 Å². The summed E-state index contributed by atoms with van der Waals surface area (Å²) in [6.45, 7) is 1.81. The lowest BCUT2D eigenvalue weighted by Gasteiger charge is -2.10. The molecule has 0 radical (unpaired) electrons. The largest absolute Gasteiger partial charge is 0.350 e.